The highest BCUT2D eigenvalue weighted by Gasteiger charge is 2.37. The van der Waals surface area contributed by atoms with Crippen molar-refractivity contribution in [2.45, 2.75) is 25.1 Å². The summed E-state index contributed by atoms with van der Waals surface area (Å²) in [6.45, 7) is 0.480. The molecular formula is C8H12F3N3O2. The van der Waals surface area contributed by atoms with Crippen LogP contribution in [0.3, 0.4) is 0 Å². The summed E-state index contributed by atoms with van der Waals surface area (Å²) in [6, 6.07) is -0.696. The summed E-state index contributed by atoms with van der Waals surface area (Å²) in [6.07, 6.45) is -3.57. The minimum absolute atomic E-state index is 0.205. The van der Waals surface area contributed by atoms with E-state index in [0.717, 1.165) is 0 Å². The second kappa shape index (κ2) is 5.26. The third-order valence-electron chi connectivity index (χ3n) is 1.88. The first kappa shape index (κ1) is 12.9. The van der Waals surface area contributed by atoms with Gasteiger partial charge >= 0.3 is 6.18 Å². The number of rotatable bonds is 5. The van der Waals surface area contributed by atoms with E-state index >= 15 is 0 Å². The zero-order chi connectivity index (χ0) is 12.2. The number of methoxy groups -OCH3 is 1. The average Bonchev–Trinajstić information content (AvgIpc) is 2.66. The molecule has 2 N–H and O–H groups in total. The fourth-order valence-electron chi connectivity index (χ4n) is 1.07. The summed E-state index contributed by atoms with van der Waals surface area (Å²) in [4.78, 5) is 3.19. The van der Waals surface area contributed by atoms with Crippen LogP contribution in [0.25, 0.3) is 0 Å². The van der Waals surface area contributed by atoms with E-state index in [4.69, 9.17) is 10.5 Å². The van der Waals surface area contributed by atoms with Crippen LogP contribution in [0.1, 0.15) is 30.6 Å². The van der Waals surface area contributed by atoms with Crippen LogP contribution in [0.5, 0.6) is 0 Å². The minimum atomic E-state index is -4.60. The van der Waals surface area contributed by atoms with E-state index in [0.29, 0.717) is 19.4 Å². The van der Waals surface area contributed by atoms with Gasteiger partial charge in [-0.3, -0.25) is 0 Å². The number of nitrogens with two attached hydrogens (primary N) is 1. The molecule has 1 rings (SSSR count). The first-order valence-corrected chi connectivity index (χ1v) is 4.60. The molecule has 1 heterocycles. The smallest absolute Gasteiger partial charge is 0.385 e. The standard InChI is InChI=1S/C8H12F3N3O2/c1-15-4-2-3-5(12)6-13-7(14-16-6)8(9,10)11/h5H,2-4,12H2,1H3. The lowest BCUT2D eigenvalue weighted by Crippen LogP contribution is -2.13. The molecule has 0 aliphatic rings. The topological polar surface area (TPSA) is 74.2 Å². The molecule has 0 radical (unpaired) electrons. The molecule has 0 spiro atoms. The predicted molar refractivity (Wildman–Crippen MR) is 47.3 cm³/mol. The van der Waals surface area contributed by atoms with E-state index in [1.54, 1.807) is 0 Å². The zero-order valence-electron chi connectivity index (χ0n) is 8.62. The normalized spacial score (nSPS) is 14.1. The molecule has 1 unspecified atom stereocenters. The van der Waals surface area contributed by atoms with Crippen LogP contribution >= 0.6 is 0 Å². The molecule has 16 heavy (non-hydrogen) atoms. The maximum absolute atomic E-state index is 12.1. The van der Waals surface area contributed by atoms with Crippen LogP contribution in [0.2, 0.25) is 0 Å². The minimum Gasteiger partial charge on any atom is -0.385 e. The van der Waals surface area contributed by atoms with Gasteiger partial charge in [0.15, 0.2) is 0 Å². The average molecular weight is 239 g/mol. The van der Waals surface area contributed by atoms with Gasteiger partial charge in [-0.05, 0) is 12.8 Å². The van der Waals surface area contributed by atoms with Gasteiger partial charge in [0.25, 0.3) is 5.82 Å². The van der Waals surface area contributed by atoms with Crippen LogP contribution in [0.15, 0.2) is 4.52 Å². The molecule has 0 bridgehead atoms. The van der Waals surface area contributed by atoms with Crippen molar-refractivity contribution in [3.63, 3.8) is 0 Å². The molecule has 0 aromatic carbocycles. The molecule has 0 saturated carbocycles. The Hall–Kier alpha value is -1.15. The van der Waals surface area contributed by atoms with Crippen molar-refractivity contribution in [1.82, 2.24) is 10.1 Å². The molecule has 1 aromatic heterocycles. The van der Waals surface area contributed by atoms with Gasteiger partial charge in [-0.2, -0.15) is 18.2 Å². The Bertz CT molecular complexity index is 327. The van der Waals surface area contributed by atoms with Crippen LogP contribution in [-0.2, 0) is 10.9 Å². The summed E-state index contributed by atoms with van der Waals surface area (Å²) in [5.41, 5.74) is 5.57. The van der Waals surface area contributed by atoms with Gasteiger partial charge in [-0.25, -0.2) is 0 Å². The number of aromatic nitrogens is 2. The number of hydrogen-bond acceptors (Lipinski definition) is 5. The maximum Gasteiger partial charge on any atom is 0.455 e. The van der Waals surface area contributed by atoms with Crippen molar-refractivity contribution >= 4 is 0 Å². The van der Waals surface area contributed by atoms with Crippen molar-refractivity contribution < 1.29 is 22.4 Å². The van der Waals surface area contributed by atoms with Crippen molar-refractivity contribution in [2.75, 3.05) is 13.7 Å². The second-order valence-corrected chi connectivity index (χ2v) is 3.20. The van der Waals surface area contributed by atoms with E-state index < -0.39 is 18.0 Å². The fraction of sp³-hybridized carbons (Fsp3) is 0.750. The quantitative estimate of drug-likeness (QED) is 0.788. The molecule has 8 heteroatoms. The number of ether oxygens (including phenoxy) is 1. The summed E-state index contributed by atoms with van der Waals surface area (Å²) in [7, 11) is 1.53. The third kappa shape index (κ3) is 3.46. The number of halogens is 3. The van der Waals surface area contributed by atoms with Crippen LogP contribution < -0.4 is 5.73 Å². The second-order valence-electron chi connectivity index (χ2n) is 3.20. The molecule has 1 aromatic rings. The Morgan fingerprint density at radius 3 is 2.69 bits per heavy atom. The summed E-state index contributed by atoms with van der Waals surface area (Å²) in [5.74, 6) is -1.51. The Morgan fingerprint density at radius 2 is 2.19 bits per heavy atom. The van der Waals surface area contributed by atoms with Crippen LogP contribution in [-0.4, -0.2) is 23.9 Å². The molecule has 0 aliphatic heterocycles. The molecular weight excluding hydrogens is 227 g/mol. The largest absolute Gasteiger partial charge is 0.455 e. The van der Waals surface area contributed by atoms with Gasteiger partial charge in [-0.15, -0.1) is 0 Å². The Morgan fingerprint density at radius 1 is 1.50 bits per heavy atom. The van der Waals surface area contributed by atoms with E-state index in [-0.39, 0.29) is 5.89 Å². The first-order valence-electron chi connectivity index (χ1n) is 4.60. The molecule has 0 amide bonds. The van der Waals surface area contributed by atoms with Gasteiger partial charge in [0, 0.05) is 13.7 Å². The Labute approximate surface area is 89.8 Å². The molecule has 92 valence electrons. The van der Waals surface area contributed by atoms with Crippen molar-refractivity contribution in [3.05, 3.63) is 11.7 Å². The first-order chi connectivity index (χ1) is 7.45. The van der Waals surface area contributed by atoms with Gasteiger partial charge in [-0.1, -0.05) is 5.16 Å². The SMILES string of the molecule is COCCCC(N)c1nc(C(F)(F)F)no1. The lowest BCUT2D eigenvalue weighted by Gasteiger charge is -2.05. The van der Waals surface area contributed by atoms with Crippen LogP contribution in [0.4, 0.5) is 13.2 Å². The van der Waals surface area contributed by atoms with Gasteiger partial charge in [0.05, 0.1) is 6.04 Å². The van der Waals surface area contributed by atoms with E-state index in [1.807, 2.05) is 0 Å². The van der Waals surface area contributed by atoms with Gasteiger partial charge in [0.1, 0.15) is 0 Å². The van der Waals surface area contributed by atoms with Crippen molar-refractivity contribution in [1.29, 1.82) is 0 Å². The van der Waals surface area contributed by atoms with Gasteiger partial charge < -0.3 is 15.0 Å². The highest BCUT2D eigenvalue weighted by Crippen LogP contribution is 2.27. The predicted octanol–water partition coefficient (Wildman–Crippen LogP) is 1.51. The monoisotopic (exact) mass is 239 g/mol. The molecule has 1 atom stereocenters. The van der Waals surface area contributed by atoms with E-state index in [2.05, 4.69) is 14.7 Å². The van der Waals surface area contributed by atoms with Gasteiger partial charge in [0.2, 0.25) is 5.89 Å². The summed E-state index contributed by atoms with van der Waals surface area (Å²) >= 11 is 0. The Kier molecular flexibility index (Phi) is 4.25. The van der Waals surface area contributed by atoms with Crippen LogP contribution in [0, 0.1) is 0 Å². The highest BCUT2D eigenvalue weighted by atomic mass is 19.4. The highest BCUT2D eigenvalue weighted by molar-refractivity contribution is 4.94. The number of hydrogen-bond donors (Lipinski definition) is 1. The molecule has 0 fully saturated rings. The maximum atomic E-state index is 12.1. The Balaban J connectivity index is 2.56. The lowest BCUT2D eigenvalue weighted by molar-refractivity contribution is -0.146. The molecule has 0 saturated heterocycles. The third-order valence-corrected chi connectivity index (χ3v) is 1.88. The van der Waals surface area contributed by atoms with E-state index in [9.17, 15) is 13.2 Å². The zero-order valence-corrected chi connectivity index (χ0v) is 8.62. The molecule has 0 aliphatic carbocycles. The summed E-state index contributed by atoms with van der Waals surface area (Å²) < 4.78 is 45.6. The molecule has 5 nitrogen and oxygen atoms in total. The fourth-order valence-corrected chi connectivity index (χ4v) is 1.07. The number of nitrogens with zero attached hydrogens (tertiary/aromatic N) is 2. The van der Waals surface area contributed by atoms with Crippen molar-refractivity contribution in [3.8, 4) is 0 Å². The van der Waals surface area contributed by atoms with E-state index in [1.165, 1.54) is 7.11 Å². The summed E-state index contributed by atoms with van der Waals surface area (Å²) in [5, 5.41) is 2.81. The lowest BCUT2D eigenvalue weighted by atomic mass is 10.2. The number of alkyl halides is 3. The van der Waals surface area contributed by atoms with Crippen molar-refractivity contribution in [2.24, 2.45) is 5.73 Å².